The van der Waals surface area contributed by atoms with Crippen LogP contribution in [0.4, 0.5) is 0 Å². The zero-order valence-electron chi connectivity index (χ0n) is 18.9. The van der Waals surface area contributed by atoms with Crippen molar-refractivity contribution in [2.24, 2.45) is 29.4 Å². The second-order valence-corrected chi connectivity index (χ2v) is 11.4. The van der Waals surface area contributed by atoms with Crippen molar-refractivity contribution in [2.45, 2.75) is 37.7 Å². The molecule has 0 bridgehead atoms. The number of nitrogens with one attached hydrogen (secondary N) is 1. The van der Waals surface area contributed by atoms with Gasteiger partial charge in [-0.15, -0.1) is 0 Å². The molecule has 1 aromatic carbocycles. The quantitative estimate of drug-likeness (QED) is 0.271. The number of primary amides is 1. The first kappa shape index (κ1) is 25.1. The number of amides is 1. The lowest BCUT2D eigenvalue weighted by atomic mass is 9.53. The number of aryl methyl sites for hydroxylation is 1. The Morgan fingerprint density at radius 2 is 1.86 bits per heavy atom. The van der Waals surface area contributed by atoms with E-state index in [9.17, 15) is 42.6 Å². The van der Waals surface area contributed by atoms with Gasteiger partial charge in [0, 0.05) is 18.9 Å². The van der Waals surface area contributed by atoms with Crippen LogP contribution in [0.25, 0.3) is 0 Å². The summed E-state index contributed by atoms with van der Waals surface area (Å²) in [7, 11) is -3.36. The number of benzene rings is 1. The predicted octanol–water partition coefficient (Wildman–Crippen LogP) is -1.19. The van der Waals surface area contributed by atoms with Crippen LogP contribution in [-0.2, 0) is 42.0 Å². The Labute approximate surface area is 201 Å². The molecule has 0 saturated heterocycles. The number of aromatic hydroxyl groups is 1. The Kier molecular flexibility index (Phi) is 6.18. The number of fused-ring (bicyclic) bond motifs is 3. The van der Waals surface area contributed by atoms with Gasteiger partial charge < -0.3 is 15.9 Å². The summed E-state index contributed by atoms with van der Waals surface area (Å²) >= 11 is 0. The van der Waals surface area contributed by atoms with Crippen LogP contribution in [0.15, 0.2) is 12.1 Å². The van der Waals surface area contributed by atoms with Crippen molar-refractivity contribution in [3.8, 4) is 5.75 Å². The van der Waals surface area contributed by atoms with Crippen LogP contribution in [0, 0.1) is 23.7 Å². The van der Waals surface area contributed by atoms with E-state index in [1.165, 1.54) is 6.07 Å². The summed E-state index contributed by atoms with van der Waals surface area (Å²) in [4.78, 5) is 63.8. The topological polar surface area (TPSA) is 198 Å². The number of ketones is 4. The number of Topliss-reactive ketones (excluding diaryl/α,β-unsaturated/α-hetero) is 4. The van der Waals surface area contributed by atoms with Crippen LogP contribution < -0.4 is 10.5 Å². The van der Waals surface area contributed by atoms with Crippen LogP contribution in [-0.4, -0.2) is 66.1 Å². The number of hydrogen-bond acceptors (Lipinski definition) is 9. The first-order chi connectivity index (χ1) is 16.3. The monoisotopic (exact) mass is 506 g/mol. The average molecular weight is 507 g/mol. The molecule has 188 valence electrons. The third-order valence-corrected chi connectivity index (χ3v) is 8.10. The molecule has 3 aliphatic rings. The Morgan fingerprint density at radius 3 is 2.49 bits per heavy atom. The molecule has 1 amide bonds. The van der Waals surface area contributed by atoms with Crippen LogP contribution >= 0.6 is 0 Å². The smallest absolute Gasteiger partial charge is 0.235 e. The summed E-state index contributed by atoms with van der Waals surface area (Å²) in [5, 5.41) is 21.6. The number of hydrogen-bond donors (Lipinski definition) is 4. The van der Waals surface area contributed by atoms with E-state index in [0.29, 0.717) is 24.0 Å². The zero-order chi connectivity index (χ0) is 25.9. The van der Waals surface area contributed by atoms with Gasteiger partial charge in [-0.1, -0.05) is 6.07 Å². The normalized spacial score (nSPS) is 30.5. The Hall–Kier alpha value is -2.96. The number of nitrogens with two attached hydrogens (primary N) is 1. The van der Waals surface area contributed by atoms with Gasteiger partial charge in [0.25, 0.3) is 0 Å². The molecular weight excluding hydrogens is 480 g/mol. The Bertz CT molecular complexity index is 1270. The van der Waals surface area contributed by atoms with Gasteiger partial charge in [0.05, 0.1) is 17.7 Å². The second kappa shape index (κ2) is 8.61. The van der Waals surface area contributed by atoms with E-state index < -0.39 is 74.8 Å². The first-order valence-electron chi connectivity index (χ1n) is 11.2. The maximum Gasteiger partial charge on any atom is 0.235 e. The lowest BCUT2D eigenvalue weighted by Gasteiger charge is -2.48. The third kappa shape index (κ3) is 4.09. The fourth-order valence-corrected chi connectivity index (χ4v) is 6.32. The molecule has 3 aliphatic carbocycles. The largest absolute Gasteiger partial charge is 0.507 e. The molecule has 0 heterocycles. The van der Waals surface area contributed by atoms with Gasteiger partial charge in [0.15, 0.2) is 34.7 Å². The van der Waals surface area contributed by atoms with E-state index >= 15 is 0 Å². The van der Waals surface area contributed by atoms with Crippen molar-refractivity contribution in [1.82, 2.24) is 4.72 Å². The number of rotatable bonds is 6. The first-order valence-corrected chi connectivity index (χ1v) is 13.1. The fourth-order valence-electron chi connectivity index (χ4n) is 5.80. The molecule has 12 heteroatoms. The highest BCUT2D eigenvalue weighted by molar-refractivity contribution is 7.88. The highest BCUT2D eigenvalue weighted by Gasteiger charge is 2.66. The highest BCUT2D eigenvalue weighted by Crippen LogP contribution is 2.50. The molecule has 11 nitrogen and oxygen atoms in total. The Balaban J connectivity index is 1.67. The summed E-state index contributed by atoms with van der Waals surface area (Å²) in [5.74, 6) is -10.5. The molecule has 5 atom stereocenters. The second-order valence-electron chi connectivity index (χ2n) is 9.61. The minimum atomic E-state index is -3.36. The van der Waals surface area contributed by atoms with Crippen molar-refractivity contribution in [2.75, 3.05) is 12.8 Å². The molecule has 5 N–H and O–H groups in total. The van der Waals surface area contributed by atoms with E-state index in [0.717, 1.165) is 6.26 Å². The molecule has 0 aliphatic heterocycles. The van der Waals surface area contributed by atoms with E-state index in [2.05, 4.69) is 4.72 Å². The SMILES string of the molecule is CS(=O)(=O)NCCCc1ccc(O)c2c1C[C@H]1C[C@H]3CC(=O)C(C(N)=O)C(=O)[C@@]3(O)C(=O)C1C2=O. The molecule has 2 unspecified atom stereocenters. The molecule has 4 rings (SSSR count). The van der Waals surface area contributed by atoms with Gasteiger partial charge in [0.1, 0.15) is 5.75 Å². The Morgan fingerprint density at radius 1 is 1.17 bits per heavy atom. The van der Waals surface area contributed by atoms with E-state index in [1.807, 2.05) is 0 Å². The molecule has 0 aromatic heterocycles. The lowest BCUT2D eigenvalue weighted by molar-refractivity contribution is -0.175. The van der Waals surface area contributed by atoms with Gasteiger partial charge in [-0.3, -0.25) is 24.0 Å². The van der Waals surface area contributed by atoms with Crippen LogP contribution in [0.3, 0.4) is 0 Å². The van der Waals surface area contributed by atoms with Crippen LogP contribution in [0.1, 0.15) is 40.7 Å². The standard InChI is InChI=1S/C23H26N2O9S/c1-35(33,34)25-6-2-3-10-4-5-14(26)17-13(10)8-11-7-12-9-15(27)18(22(24)31)21(30)23(12,32)20(29)16(11)19(17)28/h4-5,11-12,16,18,25-26,32H,2-3,6-9H2,1H3,(H2,24,31)/t11-,12+,16?,18?,23+/m1/s1. The van der Waals surface area contributed by atoms with Crippen LogP contribution in [0.5, 0.6) is 5.75 Å². The number of carbonyl (C=O) groups is 5. The van der Waals surface area contributed by atoms with Crippen LogP contribution in [0.2, 0.25) is 0 Å². The number of aliphatic hydroxyl groups is 1. The minimum absolute atomic E-state index is 0.0196. The molecule has 35 heavy (non-hydrogen) atoms. The van der Waals surface area contributed by atoms with Gasteiger partial charge in [-0.25, -0.2) is 13.1 Å². The summed E-state index contributed by atoms with van der Waals surface area (Å²) in [5.41, 5.74) is 3.65. The maximum absolute atomic E-state index is 13.4. The molecule has 1 aromatic rings. The van der Waals surface area contributed by atoms with E-state index in [4.69, 9.17) is 5.73 Å². The van der Waals surface area contributed by atoms with Crippen molar-refractivity contribution >= 4 is 39.1 Å². The average Bonchev–Trinajstić information content (AvgIpc) is 2.74. The summed E-state index contributed by atoms with van der Waals surface area (Å²) < 4.78 is 24.9. The molecule has 2 saturated carbocycles. The van der Waals surface area contributed by atoms with Gasteiger partial charge >= 0.3 is 0 Å². The van der Waals surface area contributed by atoms with Gasteiger partial charge in [-0.2, -0.15) is 0 Å². The van der Waals surface area contributed by atoms with E-state index in [1.54, 1.807) is 6.07 Å². The van der Waals surface area contributed by atoms with Crippen molar-refractivity contribution in [3.05, 3.63) is 28.8 Å². The molecule has 2 fully saturated rings. The zero-order valence-corrected chi connectivity index (χ0v) is 19.8. The van der Waals surface area contributed by atoms with Crippen molar-refractivity contribution in [3.63, 3.8) is 0 Å². The van der Waals surface area contributed by atoms with Crippen molar-refractivity contribution in [1.29, 1.82) is 0 Å². The van der Waals surface area contributed by atoms with Gasteiger partial charge in [0.2, 0.25) is 15.9 Å². The number of phenolic OH excluding ortho intramolecular Hbond substituents is 1. The summed E-state index contributed by atoms with van der Waals surface area (Å²) in [6, 6.07) is 2.95. The third-order valence-electron chi connectivity index (χ3n) is 7.37. The maximum atomic E-state index is 13.4. The molecule has 0 spiro atoms. The molecule has 0 radical (unpaired) electrons. The summed E-state index contributed by atoms with van der Waals surface area (Å²) in [6.45, 7) is 0.174. The summed E-state index contributed by atoms with van der Waals surface area (Å²) in [6.07, 6.45) is 1.68. The predicted molar refractivity (Wildman–Crippen MR) is 120 cm³/mol. The van der Waals surface area contributed by atoms with Gasteiger partial charge in [-0.05, 0) is 48.8 Å². The number of sulfonamides is 1. The minimum Gasteiger partial charge on any atom is -0.507 e. The lowest BCUT2D eigenvalue weighted by Crippen LogP contribution is -2.68. The van der Waals surface area contributed by atoms with Crippen molar-refractivity contribution < 1.29 is 42.6 Å². The highest BCUT2D eigenvalue weighted by atomic mass is 32.2. The number of phenols is 1. The molecular formula is C23H26N2O9S. The number of carbonyl (C=O) groups excluding carboxylic acids is 5. The van der Waals surface area contributed by atoms with E-state index in [-0.39, 0.29) is 30.7 Å². The fraction of sp³-hybridized carbons (Fsp3) is 0.522.